The SMILES string of the molecule is Cc1c(-c2ccc(C(=O)NC3CCS(=O)(=O)C3)cc2)cnn1C(F)F. The van der Waals surface area contributed by atoms with Gasteiger partial charge in [-0.1, -0.05) is 12.1 Å². The summed E-state index contributed by atoms with van der Waals surface area (Å²) < 4.78 is 49.1. The van der Waals surface area contributed by atoms with E-state index in [4.69, 9.17) is 0 Å². The molecule has 9 heteroatoms. The lowest BCUT2D eigenvalue weighted by Crippen LogP contribution is -2.35. The van der Waals surface area contributed by atoms with Crippen LogP contribution in [-0.2, 0) is 9.84 Å². The fourth-order valence-corrected chi connectivity index (χ4v) is 4.56. The van der Waals surface area contributed by atoms with Crippen LogP contribution in [0.4, 0.5) is 8.78 Å². The summed E-state index contributed by atoms with van der Waals surface area (Å²) in [4.78, 5) is 12.2. The third kappa shape index (κ3) is 3.71. The molecule has 25 heavy (non-hydrogen) atoms. The molecular weight excluding hydrogens is 352 g/mol. The Morgan fingerprint density at radius 2 is 2.00 bits per heavy atom. The van der Waals surface area contributed by atoms with Gasteiger partial charge in [-0.3, -0.25) is 4.79 Å². The minimum atomic E-state index is -3.06. The number of benzene rings is 1. The number of halogens is 2. The van der Waals surface area contributed by atoms with Gasteiger partial charge in [-0.15, -0.1) is 0 Å². The molecule has 3 rings (SSSR count). The Kier molecular flexibility index (Phi) is 4.59. The summed E-state index contributed by atoms with van der Waals surface area (Å²) >= 11 is 0. The smallest absolute Gasteiger partial charge is 0.333 e. The Morgan fingerprint density at radius 1 is 1.32 bits per heavy atom. The summed E-state index contributed by atoms with van der Waals surface area (Å²) in [6.45, 7) is -1.16. The van der Waals surface area contributed by atoms with Crippen LogP contribution < -0.4 is 5.32 Å². The number of nitrogens with one attached hydrogen (secondary N) is 1. The van der Waals surface area contributed by atoms with Crippen molar-refractivity contribution >= 4 is 15.7 Å². The Morgan fingerprint density at radius 3 is 2.52 bits per heavy atom. The molecule has 1 aliphatic heterocycles. The van der Waals surface area contributed by atoms with Gasteiger partial charge in [-0.2, -0.15) is 13.9 Å². The topological polar surface area (TPSA) is 81.1 Å². The molecule has 1 aliphatic rings. The number of aromatic nitrogens is 2. The standard InChI is InChI=1S/C16H17F2N3O3S/c1-10-14(8-19-21(10)16(17)18)11-2-4-12(5-3-11)15(22)20-13-6-7-25(23,24)9-13/h2-5,8,13,16H,6-7,9H2,1H3,(H,20,22). The van der Waals surface area contributed by atoms with Gasteiger partial charge >= 0.3 is 6.55 Å². The van der Waals surface area contributed by atoms with Gasteiger partial charge in [0.25, 0.3) is 5.91 Å². The average molecular weight is 369 g/mol. The molecule has 1 aromatic carbocycles. The fourth-order valence-electron chi connectivity index (χ4n) is 2.88. The summed E-state index contributed by atoms with van der Waals surface area (Å²) in [5.41, 5.74) is 1.95. The Balaban J connectivity index is 1.73. The number of carbonyl (C=O) groups excluding carboxylic acids is 1. The third-order valence-electron chi connectivity index (χ3n) is 4.26. The van der Waals surface area contributed by atoms with Crippen molar-refractivity contribution in [3.05, 3.63) is 41.7 Å². The van der Waals surface area contributed by atoms with Crippen molar-refractivity contribution in [2.45, 2.75) is 25.9 Å². The summed E-state index contributed by atoms with van der Waals surface area (Å²) in [5.74, 6) is -0.304. The van der Waals surface area contributed by atoms with E-state index in [2.05, 4.69) is 10.4 Å². The summed E-state index contributed by atoms with van der Waals surface area (Å²) in [7, 11) is -3.06. The van der Waals surface area contributed by atoms with Gasteiger partial charge in [0.2, 0.25) is 0 Å². The lowest BCUT2D eigenvalue weighted by molar-refractivity contribution is 0.0545. The first-order chi connectivity index (χ1) is 11.8. The van der Waals surface area contributed by atoms with E-state index in [1.807, 2.05) is 0 Å². The lowest BCUT2D eigenvalue weighted by Gasteiger charge is -2.11. The van der Waals surface area contributed by atoms with Gasteiger partial charge < -0.3 is 5.32 Å². The van der Waals surface area contributed by atoms with Crippen molar-refractivity contribution in [1.82, 2.24) is 15.1 Å². The van der Waals surface area contributed by atoms with E-state index in [1.165, 1.54) is 6.20 Å². The van der Waals surface area contributed by atoms with Crippen molar-refractivity contribution < 1.29 is 22.0 Å². The molecule has 0 spiro atoms. The fraction of sp³-hybridized carbons (Fsp3) is 0.375. The van der Waals surface area contributed by atoms with Gasteiger partial charge in [-0.25, -0.2) is 13.1 Å². The summed E-state index contributed by atoms with van der Waals surface area (Å²) in [6, 6.07) is 6.09. The number of sulfone groups is 1. The molecular formula is C16H17F2N3O3S. The quantitative estimate of drug-likeness (QED) is 0.896. The largest absolute Gasteiger partial charge is 0.348 e. The zero-order valence-corrected chi connectivity index (χ0v) is 14.3. The van der Waals surface area contributed by atoms with E-state index in [0.717, 1.165) is 0 Å². The molecule has 1 atom stereocenters. The van der Waals surface area contributed by atoms with Crippen LogP contribution in [-0.4, -0.2) is 41.7 Å². The number of rotatable bonds is 4. The Bertz CT molecular complexity index is 892. The molecule has 1 N–H and O–H groups in total. The van der Waals surface area contributed by atoms with Crippen LogP contribution in [0.5, 0.6) is 0 Å². The van der Waals surface area contributed by atoms with E-state index in [0.29, 0.717) is 33.5 Å². The van der Waals surface area contributed by atoms with Gasteiger partial charge in [-0.05, 0) is 31.0 Å². The first-order valence-corrected chi connectivity index (χ1v) is 9.53. The van der Waals surface area contributed by atoms with Gasteiger partial charge in [0.1, 0.15) is 0 Å². The molecule has 1 fully saturated rings. The van der Waals surface area contributed by atoms with Gasteiger partial charge in [0.05, 0.1) is 17.7 Å². The minimum Gasteiger partial charge on any atom is -0.348 e. The number of nitrogens with zero attached hydrogens (tertiary/aromatic N) is 2. The second-order valence-corrected chi connectivity index (χ2v) is 8.25. The molecule has 0 saturated carbocycles. The number of hydrogen-bond acceptors (Lipinski definition) is 4. The Hall–Kier alpha value is -2.29. The van der Waals surface area contributed by atoms with Crippen LogP contribution in [0.25, 0.3) is 11.1 Å². The molecule has 1 amide bonds. The average Bonchev–Trinajstić information content (AvgIpc) is 3.09. The Labute approximate surface area is 143 Å². The normalized spacial score (nSPS) is 19.3. The summed E-state index contributed by atoms with van der Waals surface area (Å²) in [6.07, 6.45) is 1.78. The molecule has 0 radical (unpaired) electrons. The number of hydrogen-bond donors (Lipinski definition) is 1. The van der Waals surface area contributed by atoms with E-state index < -0.39 is 16.4 Å². The third-order valence-corrected chi connectivity index (χ3v) is 6.02. The number of amides is 1. The zero-order valence-electron chi connectivity index (χ0n) is 13.4. The number of carbonyl (C=O) groups is 1. The molecule has 1 saturated heterocycles. The maximum absolute atomic E-state index is 12.8. The van der Waals surface area contributed by atoms with Crippen molar-refractivity contribution in [3.63, 3.8) is 0 Å². The second-order valence-electron chi connectivity index (χ2n) is 6.02. The van der Waals surface area contributed by atoms with E-state index in [-0.39, 0.29) is 23.5 Å². The highest BCUT2D eigenvalue weighted by Crippen LogP contribution is 2.26. The summed E-state index contributed by atoms with van der Waals surface area (Å²) in [5, 5.41) is 6.37. The van der Waals surface area contributed by atoms with Crippen LogP contribution in [0.1, 0.15) is 29.0 Å². The van der Waals surface area contributed by atoms with Crippen molar-refractivity contribution in [2.24, 2.45) is 0 Å². The lowest BCUT2D eigenvalue weighted by atomic mass is 10.0. The first kappa shape index (κ1) is 17.5. The number of alkyl halides is 2. The predicted molar refractivity (Wildman–Crippen MR) is 88.2 cm³/mol. The molecule has 0 bridgehead atoms. The molecule has 134 valence electrons. The molecule has 1 aromatic heterocycles. The van der Waals surface area contributed by atoms with Crippen LogP contribution in [0.15, 0.2) is 30.5 Å². The second kappa shape index (κ2) is 6.55. The van der Waals surface area contributed by atoms with E-state index in [1.54, 1.807) is 31.2 Å². The zero-order chi connectivity index (χ0) is 18.2. The molecule has 2 heterocycles. The predicted octanol–water partition coefficient (Wildman–Crippen LogP) is 2.17. The van der Waals surface area contributed by atoms with Crippen molar-refractivity contribution in [2.75, 3.05) is 11.5 Å². The van der Waals surface area contributed by atoms with Crippen LogP contribution in [0.3, 0.4) is 0 Å². The van der Waals surface area contributed by atoms with Gasteiger partial charge in [0, 0.05) is 22.9 Å². The molecule has 2 aromatic rings. The van der Waals surface area contributed by atoms with E-state index in [9.17, 15) is 22.0 Å². The van der Waals surface area contributed by atoms with Crippen molar-refractivity contribution in [3.8, 4) is 11.1 Å². The maximum atomic E-state index is 12.8. The highest BCUT2D eigenvalue weighted by molar-refractivity contribution is 7.91. The van der Waals surface area contributed by atoms with Crippen LogP contribution in [0, 0.1) is 6.92 Å². The highest BCUT2D eigenvalue weighted by Gasteiger charge is 2.29. The monoisotopic (exact) mass is 369 g/mol. The van der Waals surface area contributed by atoms with E-state index >= 15 is 0 Å². The van der Waals surface area contributed by atoms with Gasteiger partial charge in [0.15, 0.2) is 9.84 Å². The van der Waals surface area contributed by atoms with Crippen LogP contribution >= 0.6 is 0 Å². The molecule has 1 unspecified atom stereocenters. The minimum absolute atomic E-state index is 0.0389. The molecule has 0 aliphatic carbocycles. The maximum Gasteiger partial charge on any atom is 0.333 e. The molecule has 6 nitrogen and oxygen atoms in total. The van der Waals surface area contributed by atoms with Crippen LogP contribution in [0.2, 0.25) is 0 Å². The first-order valence-electron chi connectivity index (χ1n) is 7.71. The van der Waals surface area contributed by atoms with Crippen molar-refractivity contribution in [1.29, 1.82) is 0 Å². The highest BCUT2D eigenvalue weighted by atomic mass is 32.2.